The molecule has 1 aromatic heterocycles. The van der Waals surface area contributed by atoms with E-state index in [9.17, 15) is 4.79 Å². The Hall–Kier alpha value is -1.86. The van der Waals surface area contributed by atoms with Gasteiger partial charge in [0.1, 0.15) is 17.9 Å². The number of ether oxygens (including phenoxy) is 2. The second-order valence-corrected chi connectivity index (χ2v) is 4.43. The van der Waals surface area contributed by atoms with Crippen LogP contribution in [0.25, 0.3) is 0 Å². The summed E-state index contributed by atoms with van der Waals surface area (Å²) in [4.78, 5) is 17.3. The van der Waals surface area contributed by atoms with E-state index >= 15 is 0 Å². The van der Waals surface area contributed by atoms with Crippen molar-refractivity contribution in [3.8, 4) is 0 Å². The third-order valence-corrected chi connectivity index (χ3v) is 3.28. The SMILES string of the molecule is COC1CN(c2nc(C(N)=O)ccc2N)CC1OC. The molecule has 104 valence electrons. The molecule has 0 saturated carbocycles. The number of nitrogens with two attached hydrogens (primary N) is 2. The fraction of sp³-hybridized carbons (Fsp3) is 0.500. The van der Waals surface area contributed by atoms with Gasteiger partial charge in [-0.05, 0) is 12.1 Å². The van der Waals surface area contributed by atoms with Gasteiger partial charge < -0.3 is 25.8 Å². The first-order valence-electron chi connectivity index (χ1n) is 5.93. The number of aromatic nitrogens is 1. The minimum absolute atomic E-state index is 0.0524. The molecule has 1 fully saturated rings. The van der Waals surface area contributed by atoms with Crippen molar-refractivity contribution in [3.63, 3.8) is 0 Å². The number of primary amides is 1. The third-order valence-electron chi connectivity index (χ3n) is 3.28. The molecule has 7 heteroatoms. The van der Waals surface area contributed by atoms with Crippen LogP contribution in [-0.4, -0.2) is 50.4 Å². The molecule has 7 nitrogen and oxygen atoms in total. The summed E-state index contributed by atoms with van der Waals surface area (Å²) in [5.41, 5.74) is 11.8. The fourth-order valence-electron chi connectivity index (χ4n) is 2.22. The molecule has 19 heavy (non-hydrogen) atoms. The van der Waals surface area contributed by atoms with Crippen molar-refractivity contribution in [3.05, 3.63) is 17.8 Å². The highest BCUT2D eigenvalue weighted by Gasteiger charge is 2.34. The Bertz CT molecular complexity index is 468. The van der Waals surface area contributed by atoms with Gasteiger partial charge in [-0.25, -0.2) is 4.98 Å². The quantitative estimate of drug-likeness (QED) is 0.769. The predicted molar refractivity (Wildman–Crippen MR) is 71.0 cm³/mol. The molecule has 1 aromatic rings. The van der Waals surface area contributed by atoms with Crippen LogP contribution < -0.4 is 16.4 Å². The zero-order valence-electron chi connectivity index (χ0n) is 11.0. The number of hydrogen-bond acceptors (Lipinski definition) is 6. The average molecular weight is 266 g/mol. The highest BCUT2D eigenvalue weighted by atomic mass is 16.5. The third kappa shape index (κ3) is 2.61. The van der Waals surface area contributed by atoms with E-state index in [0.29, 0.717) is 24.6 Å². The monoisotopic (exact) mass is 266 g/mol. The molecule has 1 aliphatic rings. The van der Waals surface area contributed by atoms with Gasteiger partial charge in [0.15, 0.2) is 5.82 Å². The van der Waals surface area contributed by atoms with Crippen molar-refractivity contribution >= 4 is 17.4 Å². The number of nitrogen functional groups attached to an aromatic ring is 1. The van der Waals surface area contributed by atoms with Crippen LogP contribution in [0, 0.1) is 0 Å². The molecule has 0 aromatic carbocycles. The maximum absolute atomic E-state index is 11.2. The summed E-state index contributed by atoms with van der Waals surface area (Å²) in [7, 11) is 3.27. The Morgan fingerprint density at radius 2 is 1.89 bits per heavy atom. The maximum atomic E-state index is 11.2. The van der Waals surface area contributed by atoms with Crippen LogP contribution in [-0.2, 0) is 9.47 Å². The number of methoxy groups -OCH3 is 2. The number of anilines is 2. The van der Waals surface area contributed by atoms with Gasteiger partial charge in [-0.3, -0.25) is 4.79 Å². The number of amides is 1. The molecule has 0 aliphatic carbocycles. The number of carbonyl (C=O) groups is 1. The summed E-state index contributed by atoms with van der Waals surface area (Å²) in [6, 6.07) is 3.14. The van der Waals surface area contributed by atoms with E-state index in [2.05, 4.69) is 4.98 Å². The summed E-state index contributed by atoms with van der Waals surface area (Å²) in [5.74, 6) is -0.0371. The fourth-order valence-corrected chi connectivity index (χ4v) is 2.22. The Morgan fingerprint density at radius 1 is 1.32 bits per heavy atom. The first kappa shape index (κ1) is 13.6. The largest absolute Gasteiger partial charge is 0.396 e. The van der Waals surface area contributed by atoms with Crippen molar-refractivity contribution in [1.82, 2.24) is 4.98 Å². The molecule has 2 rings (SSSR count). The van der Waals surface area contributed by atoms with Crippen LogP contribution in [0.1, 0.15) is 10.5 Å². The molecule has 2 atom stereocenters. The lowest BCUT2D eigenvalue weighted by Crippen LogP contribution is -2.27. The molecule has 0 radical (unpaired) electrons. The van der Waals surface area contributed by atoms with Crippen molar-refractivity contribution < 1.29 is 14.3 Å². The Labute approximate surface area is 111 Å². The maximum Gasteiger partial charge on any atom is 0.267 e. The minimum Gasteiger partial charge on any atom is -0.396 e. The van der Waals surface area contributed by atoms with Gasteiger partial charge in [-0.1, -0.05) is 0 Å². The average Bonchev–Trinajstić information content (AvgIpc) is 2.82. The number of carbonyl (C=O) groups excluding carboxylic acids is 1. The second-order valence-electron chi connectivity index (χ2n) is 4.43. The van der Waals surface area contributed by atoms with Crippen molar-refractivity contribution in [2.75, 3.05) is 37.9 Å². The first-order chi connectivity index (χ1) is 9.06. The number of rotatable bonds is 4. The zero-order valence-corrected chi connectivity index (χ0v) is 11.0. The van der Waals surface area contributed by atoms with Gasteiger partial charge in [-0.2, -0.15) is 0 Å². The van der Waals surface area contributed by atoms with E-state index in [4.69, 9.17) is 20.9 Å². The van der Waals surface area contributed by atoms with Gasteiger partial charge >= 0.3 is 0 Å². The topological polar surface area (TPSA) is 104 Å². The van der Waals surface area contributed by atoms with E-state index in [-0.39, 0.29) is 17.9 Å². The Kier molecular flexibility index (Phi) is 3.87. The zero-order chi connectivity index (χ0) is 14.0. The first-order valence-corrected chi connectivity index (χ1v) is 5.93. The van der Waals surface area contributed by atoms with E-state index < -0.39 is 5.91 Å². The molecule has 4 N–H and O–H groups in total. The van der Waals surface area contributed by atoms with Gasteiger partial charge in [0.05, 0.1) is 5.69 Å². The van der Waals surface area contributed by atoms with Crippen molar-refractivity contribution in [2.45, 2.75) is 12.2 Å². The molecule has 1 aliphatic heterocycles. The second kappa shape index (κ2) is 5.41. The summed E-state index contributed by atoms with van der Waals surface area (Å²) in [5, 5.41) is 0. The predicted octanol–water partition coefficient (Wildman–Crippen LogP) is -0.387. The molecule has 2 heterocycles. The summed E-state index contributed by atoms with van der Waals surface area (Å²) in [6.07, 6.45) is -0.105. The van der Waals surface area contributed by atoms with E-state index in [0.717, 1.165) is 0 Å². The van der Waals surface area contributed by atoms with Crippen molar-refractivity contribution in [1.29, 1.82) is 0 Å². The smallest absolute Gasteiger partial charge is 0.267 e. The highest BCUT2D eigenvalue weighted by Crippen LogP contribution is 2.26. The molecular formula is C12H18N4O3. The Balaban J connectivity index is 2.27. The molecule has 1 amide bonds. The summed E-state index contributed by atoms with van der Waals surface area (Å²) >= 11 is 0. The van der Waals surface area contributed by atoms with E-state index in [1.165, 1.54) is 6.07 Å². The van der Waals surface area contributed by atoms with E-state index in [1.807, 2.05) is 4.90 Å². The van der Waals surface area contributed by atoms with Crippen LogP contribution >= 0.6 is 0 Å². The summed E-state index contributed by atoms with van der Waals surface area (Å²) in [6.45, 7) is 1.21. The standard InChI is InChI=1S/C12H18N4O3/c1-18-9-5-16(6-10(9)19-2)12-7(13)3-4-8(15-12)11(14)17/h3-4,9-10H,5-6,13H2,1-2H3,(H2,14,17). The van der Waals surface area contributed by atoms with Crippen LogP contribution in [0.5, 0.6) is 0 Å². The van der Waals surface area contributed by atoms with Gasteiger partial charge in [0.25, 0.3) is 5.91 Å². The van der Waals surface area contributed by atoms with Crippen LogP contribution in [0.4, 0.5) is 11.5 Å². The van der Waals surface area contributed by atoms with Gasteiger partial charge in [0.2, 0.25) is 0 Å². The lowest BCUT2D eigenvalue weighted by Gasteiger charge is -2.19. The van der Waals surface area contributed by atoms with Crippen LogP contribution in [0.3, 0.4) is 0 Å². The van der Waals surface area contributed by atoms with E-state index in [1.54, 1.807) is 20.3 Å². The summed E-state index contributed by atoms with van der Waals surface area (Å²) < 4.78 is 10.7. The molecule has 1 saturated heterocycles. The number of pyridine rings is 1. The van der Waals surface area contributed by atoms with Gasteiger partial charge in [-0.15, -0.1) is 0 Å². The molecule has 0 bridgehead atoms. The highest BCUT2D eigenvalue weighted by molar-refractivity contribution is 5.91. The van der Waals surface area contributed by atoms with Crippen LogP contribution in [0.15, 0.2) is 12.1 Å². The molecule has 0 spiro atoms. The number of hydrogen-bond donors (Lipinski definition) is 2. The van der Waals surface area contributed by atoms with Crippen molar-refractivity contribution in [2.24, 2.45) is 5.73 Å². The number of nitrogens with zero attached hydrogens (tertiary/aromatic N) is 2. The Morgan fingerprint density at radius 3 is 2.37 bits per heavy atom. The lowest BCUT2D eigenvalue weighted by atomic mass is 10.3. The molecular weight excluding hydrogens is 248 g/mol. The minimum atomic E-state index is -0.577. The van der Waals surface area contributed by atoms with Crippen LogP contribution in [0.2, 0.25) is 0 Å². The lowest BCUT2D eigenvalue weighted by molar-refractivity contribution is -0.00461. The normalized spacial score (nSPS) is 22.7. The van der Waals surface area contributed by atoms with Gasteiger partial charge in [0, 0.05) is 27.3 Å². The molecule has 2 unspecified atom stereocenters.